The van der Waals surface area contributed by atoms with E-state index < -0.39 is 11.5 Å². The van der Waals surface area contributed by atoms with Crippen molar-refractivity contribution in [3.8, 4) is 0 Å². The number of halogens is 1. The van der Waals surface area contributed by atoms with E-state index in [1.807, 2.05) is 31.1 Å². The highest BCUT2D eigenvalue weighted by Gasteiger charge is 2.64. The summed E-state index contributed by atoms with van der Waals surface area (Å²) in [5.41, 5.74) is 4.96. The Morgan fingerprint density at radius 3 is 2.25 bits per heavy atom. The molecule has 9 heteroatoms. The molecule has 294 valence electrons. The van der Waals surface area contributed by atoms with E-state index in [0.717, 1.165) is 62.5 Å². The molecule has 0 spiro atoms. The minimum atomic E-state index is -0.900. The maximum absolute atomic E-state index is 14.2. The van der Waals surface area contributed by atoms with Crippen molar-refractivity contribution in [3.63, 3.8) is 0 Å². The molecule has 2 aromatic carbocycles. The van der Waals surface area contributed by atoms with Crippen molar-refractivity contribution >= 4 is 40.7 Å². The van der Waals surface area contributed by atoms with Crippen LogP contribution in [0, 0.1) is 40.4 Å². The highest BCUT2D eigenvalue weighted by Crippen LogP contribution is 2.70. The zero-order valence-electron chi connectivity index (χ0n) is 33.4. The number of benzene rings is 2. The maximum Gasteiger partial charge on any atom is 0.335 e. The average molecular weight is 768 g/mol. The average Bonchev–Trinajstić information content (AvgIpc) is 3.44. The molecule has 8 nitrogen and oxygen atoms in total. The summed E-state index contributed by atoms with van der Waals surface area (Å²) in [6.07, 6.45) is 10.9. The third-order valence-electron chi connectivity index (χ3n) is 14.7. The first-order valence-corrected chi connectivity index (χ1v) is 20.7. The first-order valence-electron chi connectivity index (χ1n) is 20.4. The molecule has 7 rings (SSSR count). The molecule has 2 N–H and O–H groups in total. The van der Waals surface area contributed by atoms with E-state index in [9.17, 15) is 24.3 Å². The second kappa shape index (κ2) is 15.0. The molecule has 55 heavy (non-hydrogen) atoms. The summed E-state index contributed by atoms with van der Waals surface area (Å²) in [6.45, 7) is 10.2. The van der Waals surface area contributed by atoms with Gasteiger partial charge in [0.1, 0.15) is 0 Å². The van der Waals surface area contributed by atoms with Crippen LogP contribution in [0.25, 0.3) is 5.57 Å². The quantitative estimate of drug-likeness (QED) is 0.251. The van der Waals surface area contributed by atoms with Crippen molar-refractivity contribution in [2.45, 2.75) is 91.0 Å². The van der Waals surface area contributed by atoms with Crippen LogP contribution in [-0.4, -0.2) is 77.7 Å². The fourth-order valence-corrected chi connectivity index (χ4v) is 12.2. The van der Waals surface area contributed by atoms with Gasteiger partial charge in [0.25, 0.3) is 5.91 Å². The number of amides is 2. The number of carbonyl (C=O) groups excluding carboxylic acids is 3. The molecule has 2 aromatic rings. The summed E-state index contributed by atoms with van der Waals surface area (Å²) in [7, 11) is 3.90. The van der Waals surface area contributed by atoms with Gasteiger partial charge in [-0.3, -0.25) is 14.4 Å². The van der Waals surface area contributed by atoms with Crippen molar-refractivity contribution in [1.82, 2.24) is 15.1 Å². The third kappa shape index (κ3) is 7.11. The van der Waals surface area contributed by atoms with Crippen LogP contribution in [0.4, 0.5) is 0 Å². The number of rotatable bonds is 10. The van der Waals surface area contributed by atoms with Gasteiger partial charge in [0.05, 0.1) is 17.6 Å². The maximum atomic E-state index is 14.2. The van der Waals surface area contributed by atoms with E-state index >= 15 is 0 Å². The van der Waals surface area contributed by atoms with E-state index in [-0.39, 0.29) is 46.8 Å². The Morgan fingerprint density at radius 2 is 1.60 bits per heavy atom. The molecule has 5 aliphatic carbocycles. The van der Waals surface area contributed by atoms with Gasteiger partial charge in [-0.1, -0.05) is 57.5 Å². The Labute approximate surface area is 331 Å². The molecule has 7 unspecified atom stereocenters. The molecule has 0 saturated heterocycles. The lowest BCUT2D eigenvalue weighted by molar-refractivity contribution is -0.138. The fraction of sp³-hybridized carbons (Fsp3) is 0.565. The van der Waals surface area contributed by atoms with Crippen LogP contribution in [0.3, 0.4) is 0 Å². The van der Waals surface area contributed by atoms with Crippen LogP contribution in [0.5, 0.6) is 0 Å². The number of carboxylic acids is 1. The SMILES string of the molecule is CC(C)C1=C2C3CCC4C5(C)CC=C(c6ccc(C(=O)O)cc6)CC5CCC4(C)C3CCC2(NC(=O)CN(CCN(C)C)C(=O)c2ccc(Cl)cc2)CC1=O. The molecule has 3 saturated carbocycles. The topological polar surface area (TPSA) is 107 Å². The zero-order valence-corrected chi connectivity index (χ0v) is 34.2. The molecule has 0 aliphatic heterocycles. The molecule has 7 atom stereocenters. The second-order valence-corrected chi connectivity index (χ2v) is 18.8. The molecule has 0 aromatic heterocycles. The van der Waals surface area contributed by atoms with Crippen LogP contribution in [0.2, 0.25) is 5.02 Å². The Bertz CT molecular complexity index is 1920. The lowest BCUT2D eigenvalue weighted by atomic mass is 9.39. The van der Waals surface area contributed by atoms with Crippen LogP contribution >= 0.6 is 11.6 Å². The number of fused-ring (bicyclic) bond motifs is 7. The minimum absolute atomic E-state index is 0.0633. The van der Waals surface area contributed by atoms with Gasteiger partial charge >= 0.3 is 5.97 Å². The lowest BCUT2D eigenvalue weighted by Crippen LogP contribution is -2.61. The summed E-state index contributed by atoms with van der Waals surface area (Å²) in [5.74, 6) is 0.681. The Balaban J connectivity index is 1.13. The van der Waals surface area contributed by atoms with Crippen molar-refractivity contribution in [3.05, 3.63) is 87.5 Å². The van der Waals surface area contributed by atoms with Crippen molar-refractivity contribution in [2.75, 3.05) is 33.7 Å². The number of aromatic carboxylic acids is 1. The minimum Gasteiger partial charge on any atom is -0.478 e. The number of allylic oxidation sites excluding steroid dienone is 3. The first kappa shape index (κ1) is 39.5. The molecule has 0 heterocycles. The van der Waals surface area contributed by atoms with Gasteiger partial charge in [-0.05, 0) is 165 Å². The van der Waals surface area contributed by atoms with Crippen molar-refractivity contribution in [1.29, 1.82) is 0 Å². The van der Waals surface area contributed by atoms with Gasteiger partial charge < -0.3 is 20.2 Å². The molecular formula is C46H58ClN3O5. The Hall–Kier alpha value is -3.75. The van der Waals surface area contributed by atoms with Gasteiger partial charge in [0, 0.05) is 30.1 Å². The van der Waals surface area contributed by atoms with E-state index in [1.54, 1.807) is 41.3 Å². The highest BCUT2D eigenvalue weighted by atomic mass is 35.5. The first-order chi connectivity index (χ1) is 26.1. The number of Topliss-reactive ketones (excluding diaryl/α,β-unsaturated/α-hetero) is 1. The Kier molecular flexibility index (Phi) is 10.7. The van der Waals surface area contributed by atoms with Crippen LogP contribution < -0.4 is 5.32 Å². The number of hydrogen-bond acceptors (Lipinski definition) is 5. The number of nitrogens with zero attached hydrogens (tertiary/aromatic N) is 2. The van der Waals surface area contributed by atoms with Gasteiger partial charge in [-0.2, -0.15) is 0 Å². The lowest BCUT2D eigenvalue weighted by Gasteiger charge is -2.65. The molecule has 3 fully saturated rings. The number of likely N-dealkylation sites (N-methyl/N-ethyl adjacent to an activating group) is 1. The van der Waals surface area contributed by atoms with E-state index in [4.69, 9.17) is 11.6 Å². The number of ketones is 1. The monoisotopic (exact) mass is 767 g/mol. The van der Waals surface area contributed by atoms with Gasteiger partial charge in [-0.25, -0.2) is 4.79 Å². The van der Waals surface area contributed by atoms with Crippen LogP contribution in [-0.2, 0) is 9.59 Å². The standard InChI is InChI=1S/C46H58ClN3O5/c1-28(2)40-37(51)26-46(48-39(52)27-50(24-23-49(5)6)42(53)30-11-13-34(47)14-12-30)22-19-36-35(41(40)46)15-16-38-44(3)20-17-32(25-33(44)18-21-45(36,38)4)29-7-9-31(10-8-29)43(54)55/h7-14,17,28,33,35-36,38H,15-16,18-27H2,1-6H3,(H,48,52)(H,54,55). The second-order valence-electron chi connectivity index (χ2n) is 18.4. The molecule has 0 radical (unpaired) electrons. The predicted octanol–water partition coefficient (Wildman–Crippen LogP) is 8.56. The summed E-state index contributed by atoms with van der Waals surface area (Å²) < 4.78 is 0. The summed E-state index contributed by atoms with van der Waals surface area (Å²) in [6, 6.07) is 14.1. The highest BCUT2D eigenvalue weighted by molar-refractivity contribution is 6.30. The number of carbonyl (C=O) groups is 4. The zero-order chi connectivity index (χ0) is 39.4. The molecular weight excluding hydrogens is 710 g/mol. The van der Waals surface area contributed by atoms with Crippen molar-refractivity contribution < 1.29 is 24.3 Å². The van der Waals surface area contributed by atoms with Crippen molar-refractivity contribution in [2.24, 2.45) is 40.4 Å². The van der Waals surface area contributed by atoms with E-state index in [1.165, 1.54) is 11.1 Å². The fourth-order valence-electron chi connectivity index (χ4n) is 12.1. The van der Waals surface area contributed by atoms with Crippen LogP contribution in [0.15, 0.2) is 65.8 Å². The predicted molar refractivity (Wildman–Crippen MR) is 217 cm³/mol. The molecule has 0 bridgehead atoms. The normalized spacial score (nSPS) is 31.3. The van der Waals surface area contributed by atoms with Crippen LogP contribution in [0.1, 0.15) is 112 Å². The van der Waals surface area contributed by atoms with Gasteiger partial charge in [0.2, 0.25) is 5.91 Å². The summed E-state index contributed by atoms with van der Waals surface area (Å²) >= 11 is 6.11. The molecule has 2 amide bonds. The number of hydrogen-bond donors (Lipinski definition) is 2. The smallest absolute Gasteiger partial charge is 0.335 e. The Morgan fingerprint density at radius 1 is 0.909 bits per heavy atom. The third-order valence-corrected chi connectivity index (χ3v) is 15.0. The number of carboxylic acid groups (broad SMARTS) is 1. The van der Waals surface area contributed by atoms with E-state index in [0.29, 0.717) is 53.4 Å². The van der Waals surface area contributed by atoms with E-state index in [2.05, 4.69) is 39.1 Å². The van der Waals surface area contributed by atoms with Gasteiger partial charge in [0.15, 0.2) is 5.78 Å². The number of nitrogens with one attached hydrogen (secondary N) is 1. The molecule has 5 aliphatic rings. The largest absolute Gasteiger partial charge is 0.478 e. The summed E-state index contributed by atoms with van der Waals surface area (Å²) in [4.78, 5) is 57.0. The summed E-state index contributed by atoms with van der Waals surface area (Å²) in [5, 5.41) is 13.4. The van der Waals surface area contributed by atoms with Gasteiger partial charge in [-0.15, -0.1) is 0 Å².